The summed E-state index contributed by atoms with van der Waals surface area (Å²) in [6.07, 6.45) is 1.80. The minimum absolute atomic E-state index is 0.0944. The maximum absolute atomic E-state index is 11.1. The molecule has 0 aromatic heterocycles. The van der Waals surface area contributed by atoms with Crippen molar-refractivity contribution >= 4 is 10.2 Å². The second-order valence-electron chi connectivity index (χ2n) is 2.74. The summed E-state index contributed by atoms with van der Waals surface area (Å²) in [4.78, 5) is 2.50. The first kappa shape index (κ1) is 10.3. The van der Waals surface area contributed by atoms with E-state index in [2.05, 4.69) is 19.5 Å². The van der Waals surface area contributed by atoms with Crippen molar-refractivity contribution in [1.82, 2.24) is 9.44 Å². The summed E-state index contributed by atoms with van der Waals surface area (Å²) in [5.41, 5.74) is 7.92. The van der Waals surface area contributed by atoms with Crippen molar-refractivity contribution in [3.05, 3.63) is 10.4 Å². The lowest BCUT2D eigenvalue weighted by Crippen LogP contribution is -2.38. The van der Waals surface area contributed by atoms with Gasteiger partial charge in [0.2, 0.25) is 0 Å². The second-order valence-corrected chi connectivity index (χ2v) is 4.28. The predicted octanol–water partition coefficient (Wildman–Crippen LogP) is -0.117. The summed E-state index contributed by atoms with van der Waals surface area (Å²) < 4.78 is 26.9. The summed E-state index contributed by atoms with van der Waals surface area (Å²) in [7, 11) is -3.38. The zero-order chi connectivity index (χ0) is 9.73. The Hall–Kier alpha value is -0.820. The molecule has 0 atom stereocenters. The van der Waals surface area contributed by atoms with Crippen molar-refractivity contribution in [1.29, 1.82) is 0 Å². The molecule has 0 aromatic carbocycles. The molecule has 0 unspecified atom stereocenters. The zero-order valence-electron chi connectivity index (χ0n) is 6.97. The van der Waals surface area contributed by atoms with Gasteiger partial charge in [-0.25, -0.2) is 4.72 Å². The smallest absolute Gasteiger partial charge is 0.202 e. The molecule has 8 heteroatoms. The van der Waals surface area contributed by atoms with Gasteiger partial charge in [-0.2, -0.15) is 13.1 Å². The quantitative estimate of drug-likeness (QED) is 0.273. The fraction of sp³-hybridized carbons (Fsp3) is 1.00. The molecular formula is C5H11N5O2S. The predicted molar refractivity (Wildman–Crippen MR) is 47.1 cm³/mol. The van der Waals surface area contributed by atoms with E-state index in [1.165, 1.54) is 0 Å². The number of hydrogen-bond acceptors (Lipinski definition) is 3. The molecule has 1 saturated carbocycles. The van der Waals surface area contributed by atoms with Crippen LogP contribution in [0.5, 0.6) is 0 Å². The van der Waals surface area contributed by atoms with Gasteiger partial charge in [-0.3, -0.25) is 0 Å². The van der Waals surface area contributed by atoms with Crippen LogP contribution in [0.3, 0.4) is 0 Å². The van der Waals surface area contributed by atoms with Crippen molar-refractivity contribution in [2.75, 3.05) is 13.1 Å². The summed E-state index contributed by atoms with van der Waals surface area (Å²) in [5.74, 6) is 0. The highest BCUT2D eigenvalue weighted by Gasteiger charge is 2.26. The Kier molecular flexibility index (Phi) is 3.49. The summed E-state index contributed by atoms with van der Waals surface area (Å²) >= 11 is 0. The number of hydrogen-bond donors (Lipinski definition) is 2. The van der Waals surface area contributed by atoms with Crippen LogP contribution >= 0.6 is 0 Å². The Labute approximate surface area is 76.3 Å². The number of rotatable bonds is 6. The van der Waals surface area contributed by atoms with E-state index in [1.807, 2.05) is 0 Å². The first-order valence-corrected chi connectivity index (χ1v) is 5.40. The van der Waals surface area contributed by atoms with Crippen LogP contribution in [0.4, 0.5) is 0 Å². The molecule has 0 radical (unpaired) electrons. The van der Waals surface area contributed by atoms with Crippen LogP contribution in [0.1, 0.15) is 12.8 Å². The van der Waals surface area contributed by atoms with E-state index in [0.717, 1.165) is 12.8 Å². The monoisotopic (exact) mass is 205 g/mol. The van der Waals surface area contributed by atoms with Crippen LogP contribution in [0.15, 0.2) is 5.11 Å². The van der Waals surface area contributed by atoms with Gasteiger partial charge in [0.1, 0.15) is 0 Å². The van der Waals surface area contributed by atoms with Gasteiger partial charge >= 0.3 is 0 Å². The lowest BCUT2D eigenvalue weighted by molar-refractivity contribution is 0.566. The Morgan fingerprint density at radius 3 is 2.77 bits per heavy atom. The maximum atomic E-state index is 11.1. The lowest BCUT2D eigenvalue weighted by Gasteiger charge is -2.04. The Morgan fingerprint density at radius 1 is 1.54 bits per heavy atom. The highest BCUT2D eigenvalue weighted by molar-refractivity contribution is 7.87. The Balaban J connectivity index is 2.20. The summed E-state index contributed by atoms with van der Waals surface area (Å²) in [6.45, 7) is 0.258. The normalized spacial score (nSPS) is 16.6. The van der Waals surface area contributed by atoms with Crippen LogP contribution in [-0.2, 0) is 10.2 Å². The second kappa shape index (κ2) is 4.43. The molecule has 0 heterocycles. The van der Waals surface area contributed by atoms with E-state index < -0.39 is 10.2 Å². The minimum atomic E-state index is -3.38. The number of azide groups is 1. The van der Waals surface area contributed by atoms with Crippen LogP contribution < -0.4 is 9.44 Å². The van der Waals surface area contributed by atoms with Gasteiger partial charge in [0.05, 0.1) is 0 Å². The molecule has 1 fully saturated rings. The average molecular weight is 205 g/mol. The van der Waals surface area contributed by atoms with E-state index in [1.54, 1.807) is 0 Å². The third-order valence-corrected chi connectivity index (χ3v) is 2.69. The number of nitrogens with zero attached hydrogens (tertiary/aromatic N) is 3. The third-order valence-electron chi connectivity index (χ3n) is 1.47. The SMILES string of the molecule is [N-]=[N+]=NCCNS(=O)(=O)NC1CC1. The van der Waals surface area contributed by atoms with Gasteiger partial charge in [-0.1, -0.05) is 5.11 Å². The van der Waals surface area contributed by atoms with Crippen LogP contribution in [0.25, 0.3) is 10.4 Å². The van der Waals surface area contributed by atoms with Crippen molar-refractivity contribution < 1.29 is 8.42 Å². The van der Waals surface area contributed by atoms with Crippen LogP contribution in [0.2, 0.25) is 0 Å². The third kappa shape index (κ3) is 4.69. The molecule has 2 N–H and O–H groups in total. The highest BCUT2D eigenvalue weighted by atomic mass is 32.2. The van der Waals surface area contributed by atoms with Crippen molar-refractivity contribution in [2.24, 2.45) is 5.11 Å². The van der Waals surface area contributed by atoms with Gasteiger partial charge in [-0.05, 0) is 18.4 Å². The molecule has 0 aromatic rings. The van der Waals surface area contributed by atoms with Gasteiger partial charge in [0, 0.05) is 24.0 Å². The molecule has 0 aliphatic heterocycles. The van der Waals surface area contributed by atoms with E-state index in [4.69, 9.17) is 5.53 Å². The maximum Gasteiger partial charge on any atom is 0.277 e. The molecule has 0 saturated heterocycles. The van der Waals surface area contributed by atoms with Gasteiger partial charge in [-0.15, -0.1) is 0 Å². The molecule has 0 bridgehead atoms. The minimum Gasteiger partial charge on any atom is -0.202 e. The topological polar surface area (TPSA) is 107 Å². The Morgan fingerprint density at radius 2 is 2.23 bits per heavy atom. The molecular weight excluding hydrogens is 194 g/mol. The number of nitrogens with one attached hydrogen (secondary N) is 2. The summed E-state index contributed by atoms with van der Waals surface area (Å²) in [6, 6.07) is 0.0944. The van der Waals surface area contributed by atoms with Crippen molar-refractivity contribution in [3.63, 3.8) is 0 Å². The fourth-order valence-corrected chi connectivity index (χ4v) is 1.85. The molecule has 1 aliphatic rings. The Bertz CT molecular complexity index is 303. The molecule has 0 spiro atoms. The van der Waals surface area contributed by atoms with Gasteiger partial charge < -0.3 is 0 Å². The van der Waals surface area contributed by atoms with E-state index >= 15 is 0 Å². The van der Waals surface area contributed by atoms with E-state index in [-0.39, 0.29) is 19.1 Å². The molecule has 74 valence electrons. The zero-order valence-corrected chi connectivity index (χ0v) is 7.79. The largest absolute Gasteiger partial charge is 0.277 e. The molecule has 7 nitrogen and oxygen atoms in total. The molecule has 0 amide bonds. The standard InChI is InChI=1S/C5H11N5O2S/c6-10-7-3-4-8-13(11,12)9-5-1-2-5/h5,8-9H,1-4H2. The summed E-state index contributed by atoms with van der Waals surface area (Å²) in [5, 5.41) is 3.20. The van der Waals surface area contributed by atoms with Crippen LogP contribution in [-0.4, -0.2) is 27.5 Å². The molecule has 1 aliphatic carbocycles. The lowest BCUT2D eigenvalue weighted by atomic mass is 10.7. The van der Waals surface area contributed by atoms with E-state index in [9.17, 15) is 8.42 Å². The van der Waals surface area contributed by atoms with Gasteiger partial charge in [0.25, 0.3) is 10.2 Å². The molecule has 13 heavy (non-hydrogen) atoms. The average Bonchev–Trinajstić information content (AvgIpc) is 2.81. The molecule has 1 rings (SSSR count). The van der Waals surface area contributed by atoms with Gasteiger partial charge in [0.15, 0.2) is 0 Å². The van der Waals surface area contributed by atoms with E-state index in [0.29, 0.717) is 0 Å². The van der Waals surface area contributed by atoms with Crippen molar-refractivity contribution in [3.8, 4) is 0 Å². The first-order chi connectivity index (χ1) is 6.14. The fourth-order valence-electron chi connectivity index (χ4n) is 0.737. The van der Waals surface area contributed by atoms with Crippen molar-refractivity contribution in [2.45, 2.75) is 18.9 Å². The first-order valence-electron chi connectivity index (χ1n) is 3.92. The highest BCUT2D eigenvalue weighted by Crippen LogP contribution is 2.19. The van der Waals surface area contributed by atoms with Crippen LogP contribution in [0, 0.1) is 0 Å².